The zero-order valence-corrected chi connectivity index (χ0v) is 14.4. The summed E-state index contributed by atoms with van der Waals surface area (Å²) in [6.07, 6.45) is 0. The van der Waals surface area contributed by atoms with Crippen LogP contribution >= 0.6 is 0 Å². The molecule has 120 valence electrons. The van der Waals surface area contributed by atoms with Gasteiger partial charge in [0.15, 0.2) is 11.5 Å². The van der Waals surface area contributed by atoms with E-state index in [9.17, 15) is 0 Å². The van der Waals surface area contributed by atoms with Crippen LogP contribution in [0.4, 0.5) is 0 Å². The lowest BCUT2D eigenvalue weighted by molar-refractivity contribution is 0.273. The van der Waals surface area contributed by atoms with Crippen LogP contribution in [-0.4, -0.2) is 45.8 Å². The predicted molar refractivity (Wildman–Crippen MR) is 88.3 cm³/mol. The molecule has 0 radical (unpaired) electrons. The van der Waals surface area contributed by atoms with Crippen molar-refractivity contribution in [1.29, 1.82) is 0 Å². The van der Waals surface area contributed by atoms with Crippen LogP contribution in [0, 0.1) is 5.92 Å². The quantitative estimate of drug-likeness (QED) is 0.799. The molecule has 1 N–H and O–H groups in total. The number of rotatable bonds is 8. The van der Waals surface area contributed by atoms with Gasteiger partial charge in [-0.05, 0) is 44.6 Å². The van der Waals surface area contributed by atoms with Crippen molar-refractivity contribution in [3.63, 3.8) is 0 Å². The molecule has 0 fully saturated rings. The van der Waals surface area contributed by atoms with Gasteiger partial charge in [-0.25, -0.2) is 0 Å². The van der Waals surface area contributed by atoms with Gasteiger partial charge in [0.1, 0.15) is 0 Å². The van der Waals surface area contributed by atoms with Crippen molar-refractivity contribution in [2.24, 2.45) is 5.92 Å². The highest BCUT2D eigenvalue weighted by atomic mass is 16.5. The molecule has 2 atom stereocenters. The summed E-state index contributed by atoms with van der Waals surface area (Å²) in [7, 11) is 7.55. The van der Waals surface area contributed by atoms with Gasteiger partial charge in [0, 0.05) is 18.6 Å². The van der Waals surface area contributed by atoms with E-state index in [2.05, 4.69) is 51.1 Å². The van der Waals surface area contributed by atoms with Crippen molar-refractivity contribution in [1.82, 2.24) is 10.2 Å². The van der Waals surface area contributed by atoms with Gasteiger partial charge in [0.05, 0.1) is 14.2 Å². The zero-order valence-electron chi connectivity index (χ0n) is 14.4. The summed E-state index contributed by atoms with van der Waals surface area (Å²) >= 11 is 0. The second-order valence-corrected chi connectivity index (χ2v) is 6.12. The van der Waals surface area contributed by atoms with E-state index in [0.717, 1.165) is 18.0 Å². The van der Waals surface area contributed by atoms with Crippen molar-refractivity contribution in [3.8, 4) is 11.5 Å². The number of hydrogen-bond acceptors (Lipinski definition) is 4. The van der Waals surface area contributed by atoms with Gasteiger partial charge in [-0.15, -0.1) is 0 Å². The van der Waals surface area contributed by atoms with Crippen molar-refractivity contribution < 1.29 is 9.47 Å². The van der Waals surface area contributed by atoms with Gasteiger partial charge in [-0.2, -0.15) is 0 Å². The van der Waals surface area contributed by atoms with Crippen LogP contribution in [0.2, 0.25) is 0 Å². The lowest BCUT2D eigenvalue weighted by Crippen LogP contribution is -2.43. The first-order valence-electron chi connectivity index (χ1n) is 7.51. The van der Waals surface area contributed by atoms with Crippen LogP contribution in [0.3, 0.4) is 0 Å². The fourth-order valence-electron chi connectivity index (χ4n) is 2.39. The summed E-state index contributed by atoms with van der Waals surface area (Å²) in [4.78, 5) is 2.22. The largest absolute Gasteiger partial charge is 0.493 e. The molecule has 0 aromatic heterocycles. The lowest BCUT2D eigenvalue weighted by Gasteiger charge is -2.29. The first-order chi connectivity index (χ1) is 9.88. The molecule has 0 heterocycles. The molecule has 0 aliphatic heterocycles. The zero-order chi connectivity index (χ0) is 16.0. The summed E-state index contributed by atoms with van der Waals surface area (Å²) in [6, 6.07) is 6.80. The number of hydrogen-bond donors (Lipinski definition) is 1. The highest BCUT2D eigenvalue weighted by Crippen LogP contribution is 2.30. The summed E-state index contributed by atoms with van der Waals surface area (Å²) in [5, 5.41) is 3.71. The van der Waals surface area contributed by atoms with Crippen LogP contribution in [0.25, 0.3) is 0 Å². The Morgan fingerprint density at radius 1 is 1.05 bits per heavy atom. The van der Waals surface area contributed by atoms with E-state index in [1.165, 1.54) is 5.56 Å². The van der Waals surface area contributed by atoms with Crippen molar-refractivity contribution >= 4 is 0 Å². The molecule has 2 unspecified atom stereocenters. The molecule has 0 spiro atoms. The maximum absolute atomic E-state index is 5.38. The lowest BCUT2D eigenvalue weighted by atomic mass is 10.0. The highest BCUT2D eigenvalue weighted by Gasteiger charge is 2.18. The first-order valence-corrected chi connectivity index (χ1v) is 7.51. The molecule has 0 aliphatic carbocycles. The number of likely N-dealkylation sites (N-methyl/N-ethyl adjacent to an activating group) is 1. The maximum Gasteiger partial charge on any atom is 0.161 e. The average molecular weight is 294 g/mol. The van der Waals surface area contributed by atoms with Crippen molar-refractivity contribution in [2.75, 3.05) is 34.9 Å². The molecule has 0 saturated heterocycles. The minimum atomic E-state index is 0.261. The number of ether oxygens (including phenoxy) is 2. The number of methoxy groups -OCH3 is 2. The molecule has 0 saturated carbocycles. The van der Waals surface area contributed by atoms with Crippen LogP contribution in [0.1, 0.15) is 32.4 Å². The van der Waals surface area contributed by atoms with E-state index in [1.54, 1.807) is 14.2 Å². The Morgan fingerprint density at radius 3 is 2.14 bits per heavy atom. The Hall–Kier alpha value is -1.26. The van der Waals surface area contributed by atoms with Gasteiger partial charge in [-0.3, -0.25) is 0 Å². The van der Waals surface area contributed by atoms with E-state index < -0.39 is 0 Å². The van der Waals surface area contributed by atoms with E-state index in [0.29, 0.717) is 12.0 Å². The molecular formula is C17H30N2O2. The Morgan fingerprint density at radius 2 is 1.67 bits per heavy atom. The smallest absolute Gasteiger partial charge is 0.161 e. The predicted octanol–water partition coefficient (Wildman–Crippen LogP) is 2.94. The van der Waals surface area contributed by atoms with E-state index >= 15 is 0 Å². The molecule has 1 aromatic rings. The first kappa shape index (κ1) is 17.8. The van der Waals surface area contributed by atoms with Crippen LogP contribution < -0.4 is 14.8 Å². The Bertz CT molecular complexity index is 433. The topological polar surface area (TPSA) is 33.7 Å². The van der Waals surface area contributed by atoms with Gasteiger partial charge in [0.25, 0.3) is 0 Å². The number of nitrogens with one attached hydrogen (secondary N) is 1. The normalized spacial score (nSPS) is 14.3. The molecule has 21 heavy (non-hydrogen) atoms. The van der Waals surface area contributed by atoms with Crippen LogP contribution in [-0.2, 0) is 0 Å². The van der Waals surface area contributed by atoms with Gasteiger partial charge in [0.2, 0.25) is 0 Å². The second kappa shape index (κ2) is 8.25. The maximum atomic E-state index is 5.38. The van der Waals surface area contributed by atoms with Crippen molar-refractivity contribution in [2.45, 2.75) is 32.9 Å². The summed E-state index contributed by atoms with van der Waals surface area (Å²) < 4.78 is 10.7. The fourth-order valence-corrected chi connectivity index (χ4v) is 2.39. The molecular weight excluding hydrogens is 264 g/mol. The molecule has 4 nitrogen and oxygen atoms in total. The van der Waals surface area contributed by atoms with Crippen LogP contribution in [0.5, 0.6) is 11.5 Å². The van der Waals surface area contributed by atoms with Crippen LogP contribution in [0.15, 0.2) is 18.2 Å². The SMILES string of the molecule is COc1ccc(C(C)NC(CN(C)C)C(C)C)cc1OC. The second-order valence-electron chi connectivity index (χ2n) is 6.12. The minimum Gasteiger partial charge on any atom is -0.493 e. The molecule has 0 aliphatic rings. The standard InChI is InChI=1S/C17H30N2O2/c1-12(2)15(11-19(4)5)18-13(3)14-8-9-16(20-6)17(10-14)21-7/h8-10,12-13,15,18H,11H2,1-7H3. The Balaban J connectivity index is 2.84. The van der Waals surface area contributed by atoms with E-state index in [-0.39, 0.29) is 6.04 Å². The van der Waals surface area contributed by atoms with E-state index in [1.807, 2.05) is 12.1 Å². The number of benzene rings is 1. The molecule has 0 amide bonds. The molecule has 0 bridgehead atoms. The monoisotopic (exact) mass is 294 g/mol. The fraction of sp³-hybridized carbons (Fsp3) is 0.647. The summed E-state index contributed by atoms with van der Waals surface area (Å²) in [5.74, 6) is 2.12. The van der Waals surface area contributed by atoms with E-state index in [4.69, 9.17) is 9.47 Å². The summed E-state index contributed by atoms with van der Waals surface area (Å²) in [5.41, 5.74) is 1.21. The van der Waals surface area contributed by atoms with Crippen molar-refractivity contribution in [3.05, 3.63) is 23.8 Å². The Labute approximate surface area is 129 Å². The van der Waals surface area contributed by atoms with Gasteiger partial charge >= 0.3 is 0 Å². The Kier molecular flexibility index (Phi) is 6.99. The average Bonchev–Trinajstić information content (AvgIpc) is 2.45. The van der Waals surface area contributed by atoms with Gasteiger partial charge in [-0.1, -0.05) is 19.9 Å². The molecule has 1 aromatic carbocycles. The minimum absolute atomic E-state index is 0.261. The highest BCUT2D eigenvalue weighted by molar-refractivity contribution is 5.43. The van der Waals surface area contributed by atoms with Gasteiger partial charge < -0.3 is 19.7 Å². The third-order valence-corrected chi connectivity index (χ3v) is 3.74. The molecule has 4 heteroatoms. The summed E-state index contributed by atoms with van der Waals surface area (Å²) in [6.45, 7) is 7.71. The molecule has 1 rings (SSSR count). The third kappa shape index (κ3) is 5.21. The number of nitrogens with zero attached hydrogens (tertiary/aromatic N) is 1. The third-order valence-electron chi connectivity index (χ3n) is 3.74.